The van der Waals surface area contributed by atoms with Crippen molar-refractivity contribution in [1.82, 2.24) is 0 Å². The van der Waals surface area contributed by atoms with Crippen molar-refractivity contribution in [3.63, 3.8) is 0 Å². The number of anilines is 3. The van der Waals surface area contributed by atoms with Crippen molar-refractivity contribution < 1.29 is 0 Å². The van der Waals surface area contributed by atoms with Crippen LogP contribution in [0.3, 0.4) is 0 Å². The lowest BCUT2D eigenvalue weighted by Crippen LogP contribution is -2.11. The van der Waals surface area contributed by atoms with Crippen molar-refractivity contribution in [3.8, 4) is 22.3 Å². The highest BCUT2D eigenvalue weighted by Gasteiger charge is 2.21. The van der Waals surface area contributed by atoms with Crippen LogP contribution in [0.5, 0.6) is 0 Å². The lowest BCUT2D eigenvalue weighted by atomic mass is 9.99. The maximum atomic E-state index is 2.45. The number of rotatable bonds is 5. The number of hydrogen-bond donors (Lipinski definition) is 0. The summed E-state index contributed by atoms with van der Waals surface area (Å²) >= 11 is 1.88. The average molecular weight is 604 g/mol. The molecular formula is C44H29NS. The van der Waals surface area contributed by atoms with Gasteiger partial charge in [-0.3, -0.25) is 0 Å². The van der Waals surface area contributed by atoms with Crippen LogP contribution in [-0.2, 0) is 0 Å². The molecule has 9 aromatic rings. The van der Waals surface area contributed by atoms with E-state index in [2.05, 4.69) is 181 Å². The first-order chi connectivity index (χ1) is 22.8. The molecule has 0 aliphatic carbocycles. The highest BCUT2D eigenvalue weighted by molar-refractivity contribution is 7.26. The fourth-order valence-electron chi connectivity index (χ4n) is 6.84. The summed E-state index contributed by atoms with van der Waals surface area (Å²) < 4.78 is 2.60. The van der Waals surface area contributed by atoms with Gasteiger partial charge in [0.05, 0.1) is 16.1 Å². The third kappa shape index (κ3) is 4.46. The quantitative estimate of drug-likeness (QED) is 0.189. The minimum Gasteiger partial charge on any atom is -0.308 e. The van der Waals surface area contributed by atoms with Crippen LogP contribution in [0.4, 0.5) is 17.1 Å². The van der Waals surface area contributed by atoms with Gasteiger partial charge in [-0.2, -0.15) is 0 Å². The van der Waals surface area contributed by atoms with Gasteiger partial charge in [0.1, 0.15) is 0 Å². The van der Waals surface area contributed by atoms with Crippen LogP contribution in [0.1, 0.15) is 0 Å². The first-order valence-corrected chi connectivity index (χ1v) is 16.5. The first-order valence-electron chi connectivity index (χ1n) is 15.7. The van der Waals surface area contributed by atoms with Crippen molar-refractivity contribution in [1.29, 1.82) is 0 Å². The average Bonchev–Trinajstić information content (AvgIpc) is 3.53. The summed E-state index contributed by atoms with van der Waals surface area (Å²) in [6, 6.07) is 63.9. The Morgan fingerprint density at radius 2 is 1.04 bits per heavy atom. The van der Waals surface area contributed by atoms with Crippen LogP contribution in [0, 0.1) is 0 Å². The smallest absolute Gasteiger partial charge is 0.0640 e. The molecule has 2 heteroatoms. The van der Waals surface area contributed by atoms with Gasteiger partial charge in [-0.1, -0.05) is 140 Å². The molecule has 216 valence electrons. The summed E-state index contributed by atoms with van der Waals surface area (Å²) in [5, 5.41) is 7.73. The summed E-state index contributed by atoms with van der Waals surface area (Å²) in [4.78, 5) is 2.45. The highest BCUT2D eigenvalue weighted by Crippen LogP contribution is 2.48. The summed E-state index contributed by atoms with van der Waals surface area (Å²) in [6.07, 6.45) is 0. The number of thiophene rings is 1. The SMILES string of the molecule is c1ccc(-c2ccccc2N(c2ccc(-c3ccc4ccccc4c3)cc2)c2cccc3c2sc2ccc4ccccc4c23)cc1. The van der Waals surface area contributed by atoms with Crippen LogP contribution in [0.2, 0.25) is 0 Å². The predicted octanol–water partition coefficient (Wildman–Crippen LogP) is 13.2. The zero-order valence-corrected chi connectivity index (χ0v) is 25.9. The number of benzene rings is 8. The van der Waals surface area contributed by atoms with Crippen LogP contribution in [0.25, 0.3) is 64.0 Å². The fraction of sp³-hybridized carbons (Fsp3) is 0. The lowest BCUT2D eigenvalue weighted by Gasteiger charge is -2.28. The molecule has 1 aromatic heterocycles. The third-order valence-corrected chi connectivity index (χ3v) is 10.2. The van der Waals surface area contributed by atoms with Gasteiger partial charge in [0, 0.05) is 26.7 Å². The van der Waals surface area contributed by atoms with E-state index in [0.29, 0.717) is 0 Å². The molecule has 0 unspecified atom stereocenters. The summed E-state index contributed by atoms with van der Waals surface area (Å²) in [7, 11) is 0. The van der Waals surface area contributed by atoms with E-state index in [9.17, 15) is 0 Å². The van der Waals surface area contributed by atoms with Gasteiger partial charge >= 0.3 is 0 Å². The molecule has 0 saturated carbocycles. The van der Waals surface area contributed by atoms with Gasteiger partial charge in [-0.25, -0.2) is 0 Å². The molecule has 1 heterocycles. The van der Waals surface area contributed by atoms with E-state index in [0.717, 1.165) is 11.4 Å². The normalized spacial score (nSPS) is 11.5. The third-order valence-electron chi connectivity index (χ3n) is 9.05. The highest BCUT2D eigenvalue weighted by atomic mass is 32.1. The number of para-hydroxylation sites is 1. The molecule has 0 aliphatic heterocycles. The number of nitrogens with zero attached hydrogens (tertiary/aromatic N) is 1. The maximum Gasteiger partial charge on any atom is 0.0640 e. The zero-order valence-electron chi connectivity index (χ0n) is 25.1. The van der Waals surface area contributed by atoms with E-state index in [1.165, 1.54) is 69.7 Å². The molecule has 0 fully saturated rings. The van der Waals surface area contributed by atoms with E-state index in [4.69, 9.17) is 0 Å². The minimum atomic E-state index is 1.13. The Kier molecular flexibility index (Phi) is 6.40. The van der Waals surface area contributed by atoms with E-state index in [1.54, 1.807) is 0 Å². The fourth-order valence-corrected chi connectivity index (χ4v) is 8.06. The molecule has 8 aromatic carbocycles. The van der Waals surface area contributed by atoms with Crippen molar-refractivity contribution in [2.24, 2.45) is 0 Å². The van der Waals surface area contributed by atoms with Gasteiger partial charge in [-0.05, 0) is 74.6 Å². The second-order valence-electron chi connectivity index (χ2n) is 11.7. The monoisotopic (exact) mass is 603 g/mol. The molecule has 0 N–H and O–H groups in total. The molecular weight excluding hydrogens is 575 g/mol. The van der Waals surface area contributed by atoms with Gasteiger partial charge < -0.3 is 4.90 Å². The Morgan fingerprint density at radius 3 is 1.91 bits per heavy atom. The number of fused-ring (bicyclic) bond motifs is 6. The Morgan fingerprint density at radius 1 is 0.391 bits per heavy atom. The van der Waals surface area contributed by atoms with E-state index < -0.39 is 0 Å². The van der Waals surface area contributed by atoms with Crippen molar-refractivity contribution in [3.05, 3.63) is 176 Å². The lowest BCUT2D eigenvalue weighted by molar-refractivity contribution is 1.30. The molecule has 0 spiro atoms. The van der Waals surface area contributed by atoms with Crippen LogP contribution < -0.4 is 4.90 Å². The molecule has 46 heavy (non-hydrogen) atoms. The van der Waals surface area contributed by atoms with E-state index in [-0.39, 0.29) is 0 Å². The molecule has 9 rings (SSSR count). The van der Waals surface area contributed by atoms with E-state index >= 15 is 0 Å². The van der Waals surface area contributed by atoms with Gasteiger partial charge in [0.15, 0.2) is 0 Å². The van der Waals surface area contributed by atoms with E-state index in [1.807, 2.05) is 11.3 Å². The zero-order chi connectivity index (χ0) is 30.5. The van der Waals surface area contributed by atoms with Crippen molar-refractivity contribution in [2.45, 2.75) is 0 Å². The Balaban J connectivity index is 1.26. The van der Waals surface area contributed by atoms with Crippen LogP contribution in [-0.4, -0.2) is 0 Å². The molecule has 0 amide bonds. The van der Waals surface area contributed by atoms with Crippen molar-refractivity contribution >= 4 is 70.1 Å². The second kappa shape index (κ2) is 11.0. The van der Waals surface area contributed by atoms with Crippen molar-refractivity contribution in [2.75, 3.05) is 4.90 Å². The topological polar surface area (TPSA) is 3.24 Å². The standard InChI is InChI=1S/C44H29NS/c1-2-12-32(13-3-1)37-16-8-9-19-40(37)45(36-26-23-31(24-27-36)35-22-21-30-11-4-5-15-34(30)29-35)41-20-10-18-39-43-38-17-7-6-14-33(38)25-28-42(43)46-44(39)41/h1-29H. The summed E-state index contributed by atoms with van der Waals surface area (Å²) in [5.41, 5.74) is 8.29. The molecule has 1 nitrogen and oxygen atoms in total. The second-order valence-corrected chi connectivity index (χ2v) is 12.8. The Labute approximate surface area is 272 Å². The van der Waals surface area contributed by atoms with Crippen LogP contribution >= 0.6 is 11.3 Å². The summed E-state index contributed by atoms with van der Waals surface area (Å²) in [6.45, 7) is 0. The van der Waals surface area contributed by atoms with Gasteiger partial charge in [0.2, 0.25) is 0 Å². The molecule has 0 saturated heterocycles. The molecule has 0 bridgehead atoms. The largest absolute Gasteiger partial charge is 0.308 e. The van der Waals surface area contributed by atoms with Crippen LogP contribution in [0.15, 0.2) is 176 Å². The molecule has 0 radical (unpaired) electrons. The number of hydrogen-bond acceptors (Lipinski definition) is 2. The maximum absolute atomic E-state index is 2.45. The van der Waals surface area contributed by atoms with Gasteiger partial charge in [0.25, 0.3) is 0 Å². The molecule has 0 atom stereocenters. The minimum absolute atomic E-state index is 1.13. The predicted molar refractivity (Wildman–Crippen MR) is 200 cm³/mol. The Bertz CT molecular complexity index is 2530. The van der Waals surface area contributed by atoms with Gasteiger partial charge in [-0.15, -0.1) is 11.3 Å². The molecule has 0 aliphatic rings. The Hall–Kier alpha value is -5.70. The summed E-state index contributed by atoms with van der Waals surface area (Å²) in [5.74, 6) is 0. The first kappa shape index (κ1) is 26.7.